The van der Waals surface area contributed by atoms with Crippen LogP contribution in [0.4, 0.5) is 4.39 Å². The Morgan fingerprint density at radius 3 is 2.43 bits per heavy atom. The van der Waals surface area contributed by atoms with Crippen molar-refractivity contribution in [2.75, 3.05) is 26.2 Å². The maximum Gasteiger partial charge on any atom is 0.243 e. The minimum Gasteiger partial charge on any atom is -0.392 e. The first-order valence-electron chi connectivity index (χ1n) is 8.06. The number of aliphatic hydroxyl groups is 1. The number of aliphatic hydroxyl groups excluding tert-OH is 1. The van der Waals surface area contributed by atoms with Crippen molar-refractivity contribution in [2.24, 2.45) is 0 Å². The third-order valence-corrected chi connectivity index (χ3v) is 6.95. The molecule has 0 radical (unpaired) electrons. The molecule has 2 aliphatic heterocycles. The second-order valence-corrected chi connectivity index (χ2v) is 8.39. The predicted octanol–water partition coefficient (Wildman–Crippen LogP) is 1.35. The van der Waals surface area contributed by atoms with Gasteiger partial charge in [0.05, 0.1) is 11.0 Å². The molecule has 0 saturated carbocycles. The fraction of sp³-hybridized carbons (Fsp3) is 0.625. The first-order chi connectivity index (χ1) is 10.9. The summed E-state index contributed by atoms with van der Waals surface area (Å²) in [5.74, 6) is -0.423. The molecule has 0 unspecified atom stereocenters. The van der Waals surface area contributed by atoms with Gasteiger partial charge in [0.25, 0.3) is 0 Å². The molecule has 0 spiro atoms. The van der Waals surface area contributed by atoms with Crippen molar-refractivity contribution in [3.05, 3.63) is 29.6 Å². The zero-order chi connectivity index (χ0) is 16.6. The molecule has 0 aliphatic carbocycles. The van der Waals surface area contributed by atoms with E-state index in [9.17, 15) is 17.9 Å². The van der Waals surface area contributed by atoms with Crippen LogP contribution >= 0.6 is 0 Å². The van der Waals surface area contributed by atoms with Crippen LogP contribution in [0, 0.1) is 12.7 Å². The van der Waals surface area contributed by atoms with Crippen molar-refractivity contribution < 1.29 is 17.9 Å². The van der Waals surface area contributed by atoms with Gasteiger partial charge in [-0.1, -0.05) is 0 Å². The fourth-order valence-electron chi connectivity index (χ4n) is 3.59. The number of aryl methyl sites for hydroxylation is 1. The van der Waals surface area contributed by atoms with E-state index in [1.807, 2.05) is 0 Å². The summed E-state index contributed by atoms with van der Waals surface area (Å²) in [6.45, 7) is 4.13. The lowest BCUT2D eigenvalue weighted by Crippen LogP contribution is -2.46. The van der Waals surface area contributed by atoms with Crippen LogP contribution in [-0.4, -0.2) is 61.1 Å². The van der Waals surface area contributed by atoms with Crippen molar-refractivity contribution in [3.63, 3.8) is 0 Å². The van der Waals surface area contributed by atoms with Gasteiger partial charge >= 0.3 is 0 Å². The zero-order valence-corrected chi connectivity index (χ0v) is 14.1. The largest absolute Gasteiger partial charge is 0.392 e. The Morgan fingerprint density at radius 1 is 1.17 bits per heavy atom. The number of benzene rings is 1. The van der Waals surface area contributed by atoms with Gasteiger partial charge in [-0.25, -0.2) is 12.8 Å². The summed E-state index contributed by atoms with van der Waals surface area (Å²) in [5, 5.41) is 9.63. The second kappa shape index (κ2) is 6.47. The lowest BCUT2D eigenvalue weighted by atomic mass is 10.1. The van der Waals surface area contributed by atoms with Crippen LogP contribution in [0.3, 0.4) is 0 Å². The summed E-state index contributed by atoms with van der Waals surface area (Å²) in [5.41, 5.74) is 0.440. The van der Waals surface area contributed by atoms with E-state index < -0.39 is 15.8 Å². The number of halogens is 1. The lowest BCUT2D eigenvalue weighted by Gasteiger charge is -2.36. The summed E-state index contributed by atoms with van der Waals surface area (Å²) in [7, 11) is -3.57. The normalized spacial score (nSPS) is 25.1. The molecule has 5 nitrogen and oxygen atoms in total. The van der Waals surface area contributed by atoms with Gasteiger partial charge in [-0.2, -0.15) is 4.31 Å². The summed E-state index contributed by atoms with van der Waals surface area (Å²) in [6, 6.07) is 4.14. The van der Waals surface area contributed by atoms with Gasteiger partial charge in [0.1, 0.15) is 5.82 Å². The van der Waals surface area contributed by atoms with Gasteiger partial charge in [-0.3, -0.25) is 4.90 Å². The van der Waals surface area contributed by atoms with Crippen LogP contribution in [0.15, 0.2) is 23.1 Å². The minimum absolute atomic E-state index is 0.189. The Bertz CT molecular complexity index is 672. The molecule has 2 saturated heterocycles. The molecule has 1 atom stereocenters. The summed E-state index contributed by atoms with van der Waals surface area (Å²) in [6.07, 6.45) is 2.09. The van der Waals surface area contributed by atoms with Crippen molar-refractivity contribution in [2.45, 2.75) is 43.2 Å². The van der Waals surface area contributed by atoms with E-state index in [0.29, 0.717) is 31.2 Å². The molecule has 0 aromatic heterocycles. The molecule has 1 aromatic rings. The van der Waals surface area contributed by atoms with Gasteiger partial charge in [0.2, 0.25) is 10.0 Å². The van der Waals surface area contributed by atoms with Crippen LogP contribution in [0.2, 0.25) is 0 Å². The number of hydrogen-bond acceptors (Lipinski definition) is 4. The standard InChI is InChI=1S/C16H23FN2O3S/c1-12-10-13(17)2-3-16(12)23(21,22)19-8-4-14(5-9-19)18-7-6-15(20)11-18/h2-3,10,14-15,20H,4-9,11H2,1H3/t15-/m0/s1. The Kier molecular flexibility index (Phi) is 4.73. The van der Waals surface area contributed by atoms with Crippen LogP contribution in [0.1, 0.15) is 24.8 Å². The van der Waals surface area contributed by atoms with E-state index in [0.717, 1.165) is 25.8 Å². The number of likely N-dealkylation sites (tertiary alicyclic amines) is 1. The highest BCUT2D eigenvalue weighted by atomic mass is 32.2. The fourth-order valence-corrected chi connectivity index (χ4v) is 5.26. The predicted molar refractivity (Wildman–Crippen MR) is 85.1 cm³/mol. The molecule has 2 aliphatic rings. The number of sulfonamides is 1. The molecule has 2 heterocycles. The van der Waals surface area contributed by atoms with Crippen molar-refractivity contribution >= 4 is 10.0 Å². The summed E-state index contributed by atoms with van der Waals surface area (Å²) < 4.78 is 40.2. The molecule has 2 fully saturated rings. The molecular formula is C16H23FN2O3S. The Labute approximate surface area is 136 Å². The third kappa shape index (κ3) is 3.42. The van der Waals surface area contributed by atoms with Gasteiger partial charge in [0, 0.05) is 32.2 Å². The van der Waals surface area contributed by atoms with Crippen LogP contribution in [0.5, 0.6) is 0 Å². The van der Waals surface area contributed by atoms with E-state index in [-0.39, 0.29) is 11.0 Å². The van der Waals surface area contributed by atoms with E-state index >= 15 is 0 Å². The molecule has 128 valence electrons. The average Bonchev–Trinajstić information content (AvgIpc) is 2.93. The Balaban J connectivity index is 1.69. The maximum absolute atomic E-state index is 13.2. The first kappa shape index (κ1) is 16.8. The third-order valence-electron chi connectivity index (χ3n) is 4.89. The SMILES string of the molecule is Cc1cc(F)ccc1S(=O)(=O)N1CCC(N2CC[C@H](O)C2)CC1. The molecule has 1 aromatic carbocycles. The number of nitrogens with zero attached hydrogens (tertiary/aromatic N) is 2. The smallest absolute Gasteiger partial charge is 0.243 e. The quantitative estimate of drug-likeness (QED) is 0.901. The molecule has 3 rings (SSSR count). The number of piperidine rings is 1. The molecule has 7 heteroatoms. The van der Waals surface area contributed by atoms with Crippen LogP contribution < -0.4 is 0 Å². The number of rotatable bonds is 3. The molecule has 23 heavy (non-hydrogen) atoms. The lowest BCUT2D eigenvalue weighted by molar-refractivity contribution is 0.132. The molecular weight excluding hydrogens is 319 g/mol. The molecule has 0 bridgehead atoms. The Hall–Kier alpha value is -1.02. The van der Waals surface area contributed by atoms with E-state index in [1.165, 1.54) is 22.5 Å². The minimum atomic E-state index is -3.57. The van der Waals surface area contributed by atoms with Gasteiger partial charge in [-0.15, -0.1) is 0 Å². The second-order valence-electron chi connectivity index (χ2n) is 6.48. The van der Waals surface area contributed by atoms with Crippen LogP contribution in [0.25, 0.3) is 0 Å². The highest BCUT2D eigenvalue weighted by molar-refractivity contribution is 7.89. The van der Waals surface area contributed by atoms with Crippen LogP contribution in [-0.2, 0) is 10.0 Å². The van der Waals surface area contributed by atoms with Gasteiger partial charge in [0.15, 0.2) is 0 Å². The van der Waals surface area contributed by atoms with Crippen molar-refractivity contribution in [1.82, 2.24) is 9.21 Å². The zero-order valence-electron chi connectivity index (χ0n) is 13.3. The van der Waals surface area contributed by atoms with Gasteiger partial charge < -0.3 is 5.11 Å². The van der Waals surface area contributed by atoms with E-state index in [4.69, 9.17) is 0 Å². The summed E-state index contributed by atoms with van der Waals surface area (Å²) in [4.78, 5) is 2.45. The number of β-amino-alcohol motifs (C(OH)–C–C–N with tert-alkyl or cyclic N) is 1. The monoisotopic (exact) mass is 342 g/mol. The first-order valence-corrected chi connectivity index (χ1v) is 9.50. The highest BCUT2D eigenvalue weighted by Crippen LogP contribution is 2.27. The Morgan fingerprint density at radius 2 is 1.87 bits per heavy atom. The maximum atomic E-state index is 13.2. The van der Waals surface area contributed by atoms with Crippen molar-refractivity contribution in [3.8, 4) is 0 Å². The van der Waals surface area contributed by atoms with E-state index in [1.54, 1.807) is 6.92 Å². The van der Waals surface area contributed by atoms with Gasteiger partial charge in [-0.05, 0) is 49.9 Å². The summed E-state index contributed by atoms with van der Waals surface area (Å²) >= 11 is 0. The van der Waals surface area contributed by atoms with Crippen molar-refractivity contribution in [1.29, 1.82) is 0 Å². The topological polar surface area (TPSA) is 60.9 Å². The average molecular weight is 342 g/mol. The molecule has 0 amide bonds. The number of hydrogen-bond donors (Lipinski definition) is 1. The highest BCUT2D eigenvalue weighted by Gasteiger charge is 2.34. The van der Waals surface area contributed by atoms with E-state index in [2.05, 4.69) is 4.90 Å². The molecule has 1 N–H and O–H groups in total.